The highest BCUT2D eigenvalue weighted by Gasteiger charge is 2.50. The number of allylic oxidation sites excluding steroid dienone is 2. The summed E-state index contributed by atoms with van der Waals surface area (Å²) in [5.74, 6) is 0.645. The Morgan fingerprint density at radius 1 is 1.00 bits per heavy atom. The molecule has 3 rings (SSSR count). The quantitative estimate of drug-likeness (QED) is 0.678. The van der Waals surface area contributed by atoms with Crippen LogP contribution in [0.15, 0.2) is 69.0 Å². The summed E-state index contributed by atoms with van der Waals surface area (Å²) in [7, 11) is -1.25. The second-order valence-electron chi connectivity index (χ2n) is 7.89. The fourth-order valence-electron chi connectivity index (χ4n) is 3.26. The molecule has 1 heterocycles. The molecule has 0 aromatic heterocycles. The molecule has 0 radical (unpaired) electrons. The lowest BCUT2D eigenvalue weighted by molar-refractivity contribution is -0.0961. The van der Waals surface area contributed by atoms with Crippen LogP contribution in [-0.4, -0.2) is 19.8 Å². The molecule has 2 unspecified atom stereocenters. The fraction of sp³-hybridized carbons (Fsp3) is 0.391. The smallest absolute Gasteiger partial charge is 0.186 e. The lowest BCUT2D eigenvalue weighted by Gasteiger charge is -2.45. The molecule has 1 N–H and O–H groups in total. The zero-order valence-corrected chi connectivity index (χ0v) is 18.7. The van der Waals surface area contributed by atoms with Crippen molar-refractivity contribution in [2.75, 3.05) is 0 Å². The van der Waals surface area contributed by atoms with Crippen LogP contribution in [0.5, 0.6) is 0 Å². The lowest BCUT2D eigenvalue weighted by atomic mass is 9.94. The SMILES string of the molecule is CC1=C(S(=O)c2ccc(C)cc2)CCC(Sc2ccc(C)cc2)(C(C)(C)O)O1. The van der Waals surface area contributed by atoms with E-state index in [-0.39, 0.29) is 0 Å². The maximum Gasteiger partial charge on any atom is 0.186 e. The standard InChI is InChI=1S/C23H28O3S2/c1-16-6-10-19(11-7-16)27-23(22(4,5)24)15-14-21(18(3)26-23)28(25)20-12-8-17(2)9-13-20/h6-13,24H,14-15H2,1-5H3. The molecule has 150 valence electrons. The Hall–Kier alpha value is -1.56. The average Bonchev–Trinajstić information content (AvgIpc) is 2.63. The first-order chi connectivity index (χ1) is 13.1. The first-order valence-corrected chi connectivity index (χ1v) is 11.4. The number of ether oxygens (including phenoxy) is 1. The Morgan fingerprint density at radius 2 is 1.54 bits per heavy atom. The second-order valence-corrected chi connectivity index (χ2v) is 10.7. The Kier molecular flexibility index (Phi) is 6.08. The molecular weight excluding hydrogens is 388 g/mol. The van der Waals surface area contributed by atoms with E-state index in [2.05, 4.69) is 31.2 Å². The molecule has 0 saturated heterocycles. The number of rotatable bonds is 5. The molecule has 1 aliphatic rings. The van der Waals surface area contributed by atoms with Crippen molar-refractivity contribution in [1.82, 2.24) is 0 Å². The van der Waals surface area contributed by atoms with Crippen molar-refractivity contribution in [3.63, 3.8) is 0 Å². The molecule has 0 bridgehead atoms. The molecule has 0 saturated carbocycles. The van der Waals surface area contributed by atoms with Crippen molar-refractivity contribution in [1.29, 1.82) is 0 Å². The highest BCUT2D eigenvalue weighted by molar-refractivity contribution is 8.00. The van der Waals surface area contributed by atoms with Crippen LogP contribution < -0.4 is 0 Å². The summed E-state index contributed by atoms with van der Waals surface area (Å²) in [6.45, 7) is 9.49. The van der Waals surface area contributed by atoms with Gasteiger partial charge in [-0.15, -0.1) is 0 Å². The predicted molar refractivity (Wildman–Crippen MR) is 117 cm³/mol. The van der Waals surface area contributed by atoms with Crippen LogP contribution >= 0.6 is 11.8 Å². The zero-order chi connectivity index (χ0) is 20.5. The van der Waals surface area contributed by atoms with Gasteiger partial charge in [-0.25, -0.2) is 4.21 Å². The minimum atomic E-state index is -1.25. The average molecular weight is 417 g/mol. The summed E-state index contributed by atoms with van der Waals surface area (Å²) < 4.78 is 19.4. The van der Waals surface area contributed by atoms with Gasteiger partial charge in [0, 0.05) is 16.2 Å². The second kappa shape index (κ2) is 8.05. The molecule has 2 aromatic rings. The number of aryl methyl sites for hydroxylation is 2. The van der Waals surface area contributed by atoms with Crippen LogP contribution in [0.1, 0.15) is 44.7 Å². The highest BCUT2D eigenvalue weighted by Crippen LogP contribution is 2.50. The third-order valence-corrected chi connectivity index (χ3v) is 8.35. The summed E-state index contributed by atoms with van der Waals surface area (Å²) in [4.78, 5) is 1.80. The van der Waals surface area contributed by atoms with Crippen LogP contribution in [-0.2, 0) is 15.5 Å². The maximum atomic E-state index is 13.1. The largest absolute Gasteiger partial charge is 0.477 e. The van der Waals surface area contributed by atoms with E-state index in [4.69, 9.17) is 4.74 Å². The van der Waals surface area contributed by atoms with E-state index < -0.39 is 21.3 Å². The Bertz CT molecular complexity index is 893. The molecule has 1 aliphatic heterocycles. The molecule has 2 atom stereocenters. The van der Waals surface area contributed by atoms with Crippen LogP contribution in [0.25, 0.3) is 0 Å². The highest BCUT2D eigenvalue weighted by atomic mass is 32.2. The third kappa shape index (κ3) is 4.37. The molecule has 3 nitrogen and oxygen atoms in total. The molecular formula is C23H28O3S2. The molecule has 0 spiro atoms. The molecule has 28 heavy (non-hydrogen) atoms. The van der Waals surface area contributed by atoms with E-state index in [0.29, 0.717) is 18.6 Å². The first-order valence-electron chi connectivity index (χ1n) is 9.46. The summed E-state index contributed by atoms with van der Waals surface area (Å²) >= 11 is 1.54. The molecule has 5 heteroatoms. The Balaban J connectivity index is 1.90. The summed E-state index contributed by atoms with van der Waals surface area (Å²) in [6, 6.07) is 16.0. The van der Waals surface area contributed by atoms with Crippen molar-refractivity contribution < 1.29 is 14.1 Å². The Labute approximate surface area is 174 Å². The van der Waals surface area contributed by atoms with E-state index in [1.165, 1.54) is 17.3 Å². The van der Waals surface area contributed by atoms with Crippen molar-refractivity contribution in [3.05, 3.63) is 70.3 Å². The first kappa shape index (κ1) is 21.2. The van der Waals surface area contributed by atoms with Crippen molar-refractivity contribution in [2.24, 2.45) is 0 Å². The maximum absolute atomic E-state index is 13.1. The molecule has 0 fully saturated rings. The van der Waals surface area contributed by atoms with Crippen LogP contribution in [0.2, 0.25) is 0 Å². The third-order valence-electron chi connectivity index (χ3n) is 5.09. The van der Waals surface area contributed by atoms with Gasteiger partial charge >= 0.3 is 0 Å². The van der Waals surface area contributed by atoms with Crippen molar-refractivity contribution >= 4 is 22.6 Å². The van der Waals surface area contributed by atoms with Gasteiger partial charge in [-0.2, -0.15) is 0 Å². The number of hydrogen-bond acceptors (Lipinski definition) is 4. The van der Waals surface area contributed by atoms with Crippen molar-refractivity contribution in [3.8, 4) is 0 Å². The minimum Gasteiger partial charge on any atom is -0.477 e. The minimum absolute atomic E-state index is 0.583. The lowest BCUT2D eigenvalue weighted by Crippen LogP contribution is -2.50. The van der Waals surface area contributed by atoms with Gasteiger partial charge < -0.3 is 9.84 Å². The van der Waals surface area contributed by atoms with Gasteiger partial charge in [0.15, 0.2) is 4.93 Å². The van der Waals surface area contributed by atoms with Gasteiger partial charge in [-0.05, 0) is 65.3 Å². The van der Waals surface area contributed by atoms with Crippen LogP contribution in [0, 0.1) is 13.8 Å². The van der Waals surface area contributed by atoms with Gasteiger partial charge in [0.05, 0.1) is 15.7 Å². The van der Waals surface area contributed by atoms with Crippen LogP contribution in [0.4, 0.5) is 0 Å². The predicted octanol–water partition coefficient (Wildman–Crippen LogP) is 5.71. The number of hydrogen-bond donors (Lipinski definition) is 1. The summed E-state index contributed by atoms with van der Waals surface area (Å²) in [6.07, 6.45) is 1.20. The summed E-state index contributed by atoms with van der Waals surface area (Å²) in [5, 5.41) is 11.0. The Morgan fingerprint density at radius 3 is 2.04 bits per heavy atom. The van der Waals surface area contributed by atoms with Crippen LogP contribution in [0.3, 0.4) is 0 Å². The molecule has 0 amide bonds. The zero-order valence-electron chi connectivity index (χ0n) is 17.1. The van der Waals surface area contributed by atoms with E-state index in [0.717, 1.165) is 20.3 Å². The number of thioether (sulfide) groups is 1. The van der Waals surface area contributed by atoms with Crippen molar-refractivity contribution in [2.45, 2.75) is 67.8 Å². The monoisotopic (exact) mass is 416 g/mol. The van der Waals surface area contributed by atoms with E-state index >= 15 is 0 Å². The normalized spacial score (nSPS) is 21.4. The summed E-state index contributed by atoms with van der Waals surface area (Å²) in [5.41, 5.74) is 1.26. The molecule has 0 aliphatic carbocycles. The number of aliphatic hydroxyl groups is 1. The van der Waals surface area contributed by atoms with E-state index in [9.17, 15) is 9.32 Å². The van der Waals surface area contributed by atoms with Gasteiger partial charge in [-0.1, -0.05) is 47.2 Å². The van der Waals surface area contributed by atoms with Gasteiger partial charge in [0.25, 0.3) is 0 Å². The van der Waals surface area contributed by atoms with E-state index in [1.807, 2.05) is 38.1 Å². The topological polar surface area (TPSA) is 46.5 Å². The van der Waals surface area contributed by atoms with E-state index in [1.54, 1.807) is 13.8 Å². The van der Waals surface area contributed by atoms with Gasteiger partial charge in [0.2, 0.25) is 0 Å². The van der Waals surface area contributed by atoms with Gasteiger partial charge in [0.1, 0.15) is 11.4 Å². The van der Waals surface area contributed by atoms with Gasteiger partial charge in [-0.3, -0.25) is 0 Å². The fourth-order valence-corrected chi connectivity index (χ4v) is 5.79. The molecule has 2 aromatic carbocycles. The number of benzene rings is 2.